The zero-order chi connectivity index (χ0) is 11.5. The topological polar surface area (TPSA) is 60.2 Å². The molecule has 2 heterocycles. The van der Waals surface area contributed by atoms with E-state index in [1.54, 1.807) is 0 Å². The molecule has 1 fully saturated rings. The number of morpholine rings is 1. The number of nitrogens with zero attached hydrogens (tertiary/aromatic N) is 2. The minimum Gasteiger partial charge on any atom is -0.419 e. The number of aromatic nitrogens is 2. The van der Waals surface area contributed by atoms with Gasteiger partial charge in [0, 0.05) is 12.1 Å². The van der Waals surface area contributed by atoms with Gasteiger partial charge in [-0.15, -0.1) is 22.6 Å². The molecule has 5 nitrogen and oxygen atoms in total. The first-order valence-electron chi connectivity index (χ1n) is 5.63. The number of nitrogens with one attached hydrogen (secondary N) is 1. The summed E-state index contributed by atoms with van der Waals surface area (Å²) in [6.07, 6.45) is 0. The lowest BCUT2D eigenvalue weighted by atomic mass is 10.2. The van der Waals surface area contributed by atoms with Gasteiger partial charge in [0.15, 0.2) is 0 Å². The molecule has 1 saturated heterocycles. The Bertz CT molecular complexity index is 483. The lowest BCUT2D eigenvalue weighted by Crippen LogP contribution is -2.34. The van der Waals surface area contributed by atoms with Crippen LogP contribution in [0.3, 0.4) is 0 Å². The Balaban J connectivity index is 0.00000120. The molecule has 1 atom stereocenters. The number of hydrogen-bond acceptors (Lipinski definition) is 5. The van der Waals surface area contributed by atoms with E-state index in [-0.39, 0.29) is 18.4 Å². The first-order valence-corrected chi connectivity index (χ1v) is 5.63. The van der Waals surface area contributed by atoms with Crippen LogP contribution in [0.2, 0.25) is 0 Å². The lowest BCUT2D eigenvalue weighted by Gasteiger charge is -2.20. The third kappa shape index (κ3) is 2.69. The molecule has 0 amide bonds. The molecule has 1 aromatic heterocycles. The Morgan fingerprint density at radius 1 is 1.17 bits per heavy atom. The van der Waals surface area contributed by atoms with Crippen molar-refractivity contribution >= 4 is 12.4 Å². The van der Waals surface area contributed by atoms with Gasteiger partial charge in [0.1, 0.15) is 6.04 Å². The third-order valence-electron chi connectivity index (χ3n) is 2.68. The summed E-state index contributed by atoms with van der Waals surface area (Å²) in [4.78, 5) is 0. The van der Waals surface area contributed by atoms with Crippen LogP contribution in [0, 0.1) is 0 Å². The average molecular weight is 268 g/mol. The van der Waals surface area contributed by atoms with E-state index in [1.807, 2.05) is 30.3 Å². The van der Waals surface area contributed by atoms with Gasteiger partial charge in [-0.1, -0.05) is 18.2 Å². The van der Waals surface area contributed by atoms with Crippen molar-refractivity contribution in [3.63, 3.8) is 0 Å². The molecule has 1 N–H and O–H groups in total. The fourth-order valence-corrected chi connectivity index (χ4v) is 1.80. The summed E-state index contributed by atoms with van der Waals surface area (Å²) in [6, 6.07) is 9.75. The highest BCUT2D eigenvalue weighted by Crippen LogP contribution is 2.21. The van der Waals surface area contributed by atoms with Crippen LogP contribution in [-0.4, -0.2) is 30.0 Å². The maximum Gasteiger partial charge on any atom is 0.247 e. The Morgan fingerprint density at radius 2 is 2.00 bits per heavy atom. The number of ether oxygens (including phenoxy) is 1. The van der Waals surface area contributed by atoms with E-state index in [2.05, 4.69) is 15.5 Å². The van der Waals surface area contributed by atoms with Crippen molar-refractivity contribution in [1.29, 1.82) is 0 Å². The minimum absolute atomic E-state index is 0. The highest BCUT2D eigenvalue weighted by molar-refractivity contribution is 5.85. The van der Waals surface area contributed by atoms with Gasteiger partial charge in [0.05, 0.1) is 13.2 Å². The summed E-state index contributed by atoms with van der Waals surface area (Å²) in [5.41, 5.74) is 0.933. The van der Waals surface area contributed by atoms with Crippen molar-refractivity contribution in [3.05, 3.63) is 36.2 Å². The standard InChI is InChI=1S/C12H13N3O2.ClH/c1-2-4-9(5-3-1)11-14-15-12(17-11)10-8-16-7-6-13-10;/h1-5,10,13H,6-8H2;1H. The largest absolute Gasteiger partial charge is 0.419 e. The number of hydrogen-bond donors (Lipinski definition) is 1. The van der Waals surface area contributed by atoms with Gasteiger partial charge >= 0.3 is 0 Å². The fraction of sp³-hybridized carbons (Fsp3) is 0.333. The van der Waals surface area contributed by atoms with Crippen LogP contribution in [0.5, 0.6) is 0 Å². The van der Waals surface area contributed by atoms with Crippen LogP contribution in [-0.2, 0) is 4.74 Å². The molecular formula is C12H14ClN3O2. The Kier molecular flexibility index (Phi) is 4.30. The molecule has 0 aliphatic carbocycles. The predicted molar refractivity (Wildman–Crippen MR) is 68.5 cm³/mol. The smallest absolute Gasteiger partial charge is 0.247 e. The van der Waals surface area contributed by atoms with Gasteiger partial charge in [-0.05, 0) is 12.1 Å². The Morgan fingerprint density at radius 3 is 2.72 bits per heavy atom. The van der Waals surface area contributed by atoms with Gasteiger partial charge in [-0.3, -0.25) is 0 Å². The van der Waals surface area contributed by atoms with Crippen molar-refractivity contribution in [2.24, 2.45) is 0 Å². The molecule has 6 heteroatoms. The second-order valence-corrected chi connectivity index (χ2v) is 3.89. The van der Waals surface area contributed by atoms with Gasteiger partial charge in [-0.25, -0.2) is 0 Å². The van der Waals surface area contributed by atoms with Gasteiger partial charge < -0.3 is 14.5 Å². The van der Waals surface area contributed by atoms with E-state index >= 15 is 0 Å². The molecule has 2 aromatic rings. The van der Waals surface area contributed by atoms with Crippen molar-refractivity contribution in [2.75, 3.05) is 19.8 Å². The zero-order valence-corrected chi connectivity index (χ0v) is 10.5. The SMILES string of the molecule is Cl.c1ccc(-c2nnc(C3COCCN3)o2)cc1. The number of halogens is 1. The highest BCUT2D eigenvalue weighted by Gasteiger charge is 2.21. The fourth-order valence-electron chi connectivity index (χ4n) is 1.80. The van der Waals surface area contributed by atoms with E-state index in [0.717, 1.165) is 18.7 Å². The second kappa shape index (κ2) is 5.95. The van der Waals surface area contributed by atoms with E-state index in [9.17, 15) is 0 Å². The number of benzene rings is 1. The molecule has 0 bridgehead atoms. The maximum atomic E-state index is 5.64. The third-order valence-corrected chi connectivity index (χ3v) is 2.68. The summed E-state index contributed by atoms with van der Waals surface area (Å²) in [6.45, 7) is 2.13. The minimum atomic E-state index is 0. The second-order valence-electron chi connectivity index (χ2n) is 3.89. The molecule has 1 aliphatic heterocycles. The molecule has 0 radical (unpaired) electrons. The lowest BCUT2D eigenvalue weighted by molar-refractivity contribution is 0.0683. The van der Waals surface area contributed by atoms with Crippen molar-refractivity contribution < 1.29 is 9.15 Å². The molecule has 1 aromatic carbocycles. The van der Waals surface area contributed by atoms with Crippen LogP contribution < -0.4 is 5.32 Å². The molecule has 1 unspecified atom stereocenters. The summed E-state index contributed by atoms with van der Waals surface area (Å²) < 4.78 is 11.0. The van der Waals surface area contributed by atoms with Crippen LogP contribution in [0.25, 0.3) is 11.5 Å². The Hall–Kier alpha value is -1.43. The van der Waals surface area contributed by atoms with Gasteiger partial charge in [0.2, 0.25) is 11.8 Å². The van der Waals surface area contributed by atoms with E-state index in [4.69, 9.17) is 9.15 Å². The molecule has 96 valence electrons. The van der Waals surface area contributed by atoms with Crippen LogP contribution in [0.1, 0.15) is 11.9 Å². The van der Waals surface area contributed by atoms with Crippen LogP contribution >= 0.6 is 12.4 Å². The van der Waals surface area contributed by atoms with Crippen molar-refractivity contribution in [1.82, 2.24) is 15.5 Å². The normalized spacial score (nSPS) is 19.2. The van der Waals surface area contributed by atoms with Crippen LogP contribution in [0.15, 0.2) is 34.7 Å². The summed E-state index contributed by atoms with van der Waals surface area (Å²) in [7, 11) is 0. The number of rotatable bonds is 2. The quantitative estimate of drug-likeness (QED) is 0.899. The maximum absolute atomic E-state index is 5.64. The van der Waals surface area contributed by atoms with E-state index < -0.39 is 0 Å². The predicted octanol–water partition coefficient (Wildman–Crippen LogP) is 1.82. The first kappa shape index (κ1) is 13.0. The molecule has 1 aliphatic rings. The highest BCUT2D eigenvalue weighted by atomic mass is 35.5. The molecule has 0 spiro atoms. The Labute approximate surface area is 111 Å². The van der Waals surface area contributed by atoms with Gasteiger partial charge in [0.25, 0.3) is 0 Å². The first-order chi connectivity index (χ1) is 8.43. The summed E-state index contributed by atoms with van der Waals surface area (Å²) >= 11 is 0. The summed E-state index contributed by atoms with van der Waals surface area (Å²) in [5.74, 6) is 1.14. The molecule has 18 heavy (non-hydrogen) atoms. The summed E-state index contributed by atoms with van der Waals surface area (Å²) in [5, 5.41) is 11.4. The van der Waals surface area contributed by atoms with Crippen molar-refractivity contribution in [2.45, 2.75) is 6.04 Å². The van der Waals surface area contributed by atoms with E-state index in [1.165, 1.54) is 0 Å². The zero-order valence-electron chi connectivity index (χ0n) is 9.70. The van der Waals surface area contributed by atoms with E-state index in [0.29, 0.717) is 18.4 Å². The van der Waals surface area contributed by atoms with Crippen LogP contribution in [0.4, 0.5) is 0 Å². The van der Waals surface area contributed by atoms with Gasteiger partial charge in [-0.2, -0.15) is 0 Å². The molecule has 0 saturated carbocycles. The average Bonchev–Trinajstić information content (AvgIpc) is 2.90. The monoisotopic (exact) mass is 267 g/mol. The van der Waals surface area contributed by atoms with Crippen molar-refractivity contribution in [3.8, 4) is 11.5 Å². The molecule has 3 rings (SSSR count). The molecular weight excluding hydrogens is 254 g/mol.